The van der Waals surface area contributed by atoms with Crippen LogP contribution in [0.3, 0.4) is 0 Å². The van der Waals surface area contributed by atoms with Crippen molar-refractivity contribution in [3.8, 4) is 0 Å². The van der Waals surface area contributed by atoms with Crippen molar-refractivity contribution in [2.24, 2.45) is 0 Å². The number of halogens is 3. The predicted octanol–water partition coefficient (Wildman–Crippen LogP) is 2.30. The lowest BCUT2D eigenvalue weighted by molar-refractivity contribution is -0.122. The van der Waals surface area contributed by atoms with Gasteiger partial charge in [0.25, 0.3) is 0 Å². The summed E-state index contributed by atoms with van der Waals surface area (Å²) in [4.78, 5) is 23.8. The fourth-order valence-electron chi connectivity index (χ4n) is 2.43. The zero-order valence-electron chi connectivity index (χ0n) is 17.6. The van der Waals surface area contributed by atoms with Crippen LogP contribution in [-0.2, 0) is 19.6 Å². The standard InChI is InChI=1S/C20H23F3N4O4S/c1-12(2)27(3)32(30,31)14-6-4-13(5-7-14)24-10-17(28)25-11-18(29)26-16-9-8-15(21)19(22)20(16)23/h4-9,12,24H,10-11H2,1-3H3,(H,25,28)(H,26,29). The second-order valence-corrected chi connectivity index (χ2v) is 9.04. The first kappa shape index (κ1) is 25.1. The molecule has 2 rings (SSSR count). The Labute approximate surface area is 183 Å². The Morgan fingerprint density at radius 1 is 0.938 bits per heavy atom. The fraction of sp³-hybridized carbons (Fsp3) is 0.300. The van der Waals surface area contributed by atoms with E-state index in [4.69, 9.17) is 0 Å². The van der Waals surface area contributed by atoms with E-state index in [1.807, 2.05) is 5.32 Å². The normalized spacial score (nSPS) is 11.5. The SMILES string of the molecule is CC(C)N(C)S(=O)(=O)c1ccc(NCC(=O)NCC(=O)Nc2ccc(F)c(F)c2F)cc1. The van der Waals surface area contributed by atoms with Gasteiger partial charge in [0.15, 0.2) is 17.5 Å². The van der Waals surface area contributed by atoms with Crippen LogP contribution in [-0.4, -0.2) is 50.7 Å². The largest absolute Gasteiger partial charge is 0.376 e. The summed E-state index contributed by atoms with van der Waals surface area (Å²) in [7, 11) is -2.15. The third-order valence-corrected chi connectivity index (χ3v) is 6.51. The van der Waals surface area contributed by atoms with Crippen molar-refractivity contribution in [2.75, 3.05) is 30.8 Å². The summed E-state index contributed by atoms with van der Waals surface area (Å²) in [6, 6.07) is 7.10. The van der Waals surface area contributed by atoms with E-state index in [1.54, 1.807) is 13.8 Å². The third kappa shape index (κ3) is 6.20. The molecule has 0 radical (unpaired) electrons. The summed E-state index contributed by atoms with van der Waals surface area (Å²) in [6.45, 7) is 2.74. The van der Waals surface area contributed by atoms with Crippen LogP contribution < -0.4 is 16.0 Å². The summed E-state index contributed by atoms with van der Waals surface area (Å²) in [5.74, 6) is -6.08. The van der Waals surface area contributed by atoms with Crippen LogP contribution in [0.1, 0.15) is 13.8 Å². The molecule has 2 aromatic rings. The summed E-state index contributed by atoms with van der Waals surface area (Å²) in [6.07, 6.45) is 0. The van der Waals surface area contributed by atoms with E-state index in [0.717, 1.165) is 6.07 Å². The van der Waals surface area contributed by atoms with Crippen molar-refractivity contribution in [2.45, 2.75) is 24.8 Å². The zero-order chi connectivity index (χ0) is 24.1. The summed E-state index contributed by atoms with van der Waals surface area (Å²) < 4.78 is 65.7. The quantitative estimate of drug-likeness (QED) is 0.486. The summed E-state index contributed by atoms with van der Waals surface area (Å²) in [5, 5.41) is 7.07. The minimum Gasteiger partial charge on any atom is -0.376 e. The fourth-order valence-corrected chi connectivity index (χ4v) is 3.80. The number of rotatable bonds is 9. The molecule has 2 aromatic carbocycles. The molecule has 2 amide bonds. The number of nitrogens with one attached hydrogen (secondary N) is 3. The molecular weight excluding hydrogens is 449 g/mol. The van der Waals surface area contributed by atoms with E-state index >= 15 is 0 Å². The Kier molecular flexibility index (Phi) is 8.22. The smallest absolute Gasteiger partial charge is 0.243 e. The Balaban J connectivity index is 1.84. The Morgan fingerprint density at radius 2 is 1.56 bits per heavy atom. The van der Waals surface area contributed by atoms with Gasteiger partial charge in [0.05, 0.1) is 23.7 Å². The number of sulfonamides is 1. The van der Waals surface area contributed by atoms with Crippen molar-refractivity contribution in [3.63, 3.8) is 0 Å². The summed E-state index contributed by atoms with van der Waals surface area (Å²) >= 11 is 0. The number of hydrogen-bond acceptors (Lipinski definition) is 5. The molecule has 174 valence electrons. The van der Waals surface area contributed by atoms with Crippen LogP contribution in [0, 0.1) is 17.5 Å². The number of anilines is 2. The highest BCUT2D eigenvalue weighted by Gasteiger charge is 2.22. The molecule has 0 unspecified atom stereocenters. The molecule has 12 heteroatoms. The van der Waals surface area contributed by atoms with Crippen LogP contribution in [0.2, 0.25) is 0 Å². The molecule has 32 heavy (non-hydrogen) atoms. The highest BCUT2D eigenvalue weighted by Crippen LogP contribution is 2.20. The van der Waals surface area contributed by atoms with Crippen LogP contribution in [0.15, 0.2) is 41.3 Å². The van der Waals surface area contributed by atoms with Gasteiger partial charge in [-0.15, -0.1) is 0 Å². The van der Waals surface area contributed by atoms with Crippen LogP contribution in [0.5, 0.6) is 0 Å². The number of carbonyl (C=O) groups excluding carboxylic acids is 2. The van der Waals surface area contributed by atoms with Crippen LogP contribution in [0.25, 0.3) is 0 Å². The van der Waals surface area contributed by atoms with E-state index in [0.29, 0.717) is 11.8 Å². The van der Waals surface area contributed by atoms with Crippen molar-refractivity contribution >= 4 is 33.2 Å². The highest BCUT2D eigenvalue weighted by atomic mass is 32.2. The molecule has 0 spiro atoms. The van der Waals surface area contributed by atoms with Gasteiger partial charge in [0, 0.05) is 18.8 Å². The van der Waals surface area contributed by atoms with Gasteiger partial charge >= 0.3 is 0 Å². The topological polar surface area (TPSA) is 108 Å². The molecular formula is C20H23F3N4O4S. The maximum atomic E-state index is 13.5. The van der Waals surface area contributed by atoms with E-state index < -0.39 is 51.5 Å². The van der Waals surface area contributed by atoms with Crippen molar-refractivity contribution in [3.05, 3.63) is 53.8 Å². The van der Waals surface area contributed by atoms with E-state index in [9.17, 15) is 31.2 Å². The number of benzene rings is 2. The predicted molar refractivity (Wildman–Crippen MR) is 113 cm³/mol. The van der Waals surface area contributed by atoms with E-state index in [1.165, 1.54) is 35.6 Å². The minimum absolute atomic E-state index is 0.102. The van der Waals surface area contributed by atoms with Gasteiger partial charge in [0.2, 0.25) is 21.8 Å². The van der Waals surface area contributed by atoms with Gasteiger partial charge < -0.3 is 16.0 Å². The van der Waals surface area contributed by atoms with E-state index in [-0.39, 0.29) is 17.5 Å². The molecule has 8 nitrogen and oxygen atoms in total. The second-order valence-electron chi connectivity index (χ2n) is 7.04. The lowest BCUT2D eigenvalue weighted by Crippen LogP contribution is -2.36. The Hall–Kier alpha value is -3.12. The lowest BCUT2D eigenvalue weighted by Gasteiger charge is -2.21. The monoisotopic (exact) mass is 472 g/mol. The first-order valence-electron chi connectivity index (χ1n) is 9.45. The van der Waals surface area contributed by atoms with Gasteiger partial charge in [-0.05, 0) is 50.2 Å². The lowest BCUT2D eigenvalue weighted by atomic mass is 10.2. The average Bonchev–Trinajstić information content (AvgIpc) is 2.76. The molecule has 0 atom stereocenters. The van der Waals surface area contributed by atoms with Gasteiger partial charge in [-0.2, -0.15) is 4.31 Å². The van der Waals surface area contributed by atoms with Gasteiger partial charge in [-0.3, -0.25) is 9.59 Å². The third-order valence-electron chi connectivity index (χ3n) is 4.47. The first-order chi connectivity index (χ1) is 14.9. The molecule has 0 aromatic heterocycles. The van der Waals surface area contributed by atoms with Crippen molar-refractivity contribution in [1.29, 1.82) is 0 Å². The number of carbonyl (C=O) groups is 2. The van der Waals surface area contributed by atoms with E-state index in [2.05, 4.69) is 10.6 Å². The highest BCUT2D eigenvalue weighted by molar-refractivity contribution is 7.89. The van der Waals surface area contributed by atoms with Crippen LogP contribution >= 0.6 is 0 Å². The zero-order valence-corrected chi connectivity index (χ0v) is 18.4. The Bertz CT molecular complexity index is 1090. The first-order valence-corrected chi connectivity index (χ1v) is 10.9. The van der Waals surface area contributed by atoms with Crippen molar-refractivity contribution in [1.82, 2.24) is 9.62 Å². The van der Waals surface area contributed by atoms with Gasteiger partial charge in [-0.25, -0.2) is 21.6 Å². The molecule has 0 aliphatic carbocycles. The second kappa shape index (κ2) is 10.5. The van der Waals surface area contributed by atoms with Crippen LogP contribution in [0.4, 0.5) is 24.5 Å². The molecule has 0 saturated carbocycles. The molecule has 3 N–H and O–H groups in total. The Morgan fingerprint density at radius 3 is 2.16 bits per heavy atom. The number of hydrogen-bond donors (Lipinski definition) is 3. The average molecular weight is 472 g/mol. The van der Waals surface area contributed by atoms with Gasteiger partial charge in [-0.1, -0.05) is 0 Å². The molecule has 0 fully saturated rings. The molecule has 0 aliphatic rings. The van der Waals surface area contributed by atoms with Gasteiger partial charge in [0.1, 0.15) is 0 Å². The minimum atomic E-state index is -3.63. The maximum absolute atomic E-state index is 13.5. The molecule has 0 aliphatic heterocycles. The number of amides is 2. The number of nitrogens with zero attached hydrogens (tertiary/aromatic N) is 1. The molecule has 0 saturated heterocycles. The maximum Gasteiger partial charge on any atom is 0.243 e. The molecule has 0 bridgehead atoms. The van der Waals surface area contributed by atoms with Crippen molar-refractivity contribution < 1.29 is 31.2 Å². The molecule has 0 heterocycles. The summed E-state index contributed by atoms with van der Waals surface area (Å²) in [5.41, 5.74) is -0.0842.